The van der Waals surface area contributed by atoms with Gasteiger partial charge in [-0.15, -0.1) is 0 Å². The second-order valence-corrected chi connectivity index (χ2v) is 9.02. The second kappa shape index (κ2) is 8.43. The Hall–Kier alpha value is -3.13. The third-order valence-corrected chi connectivity index (χ3v) is 7.10. The highest BCUT2D eigenvalue weighted by molar-refractivity contribution is 9.10. The number of carbonyl (C=O) groups excluding carboxylic acids is 1. The SMILES string of the molecule is Cc1nn(CC(C)(NC(=O)OCC2c3ccccc3-c3ccccc32)C(=O)O)c(C)c1Br. The Bertz CT molecular complexity index is 1160. The minimum absolute atomic E-state index is 0.0369. The molecule has 0 saturated heterocycles. The molecule has 2 N–H and O–H groups in total. The number of ether oxygens (including phenoxy) is 1. The quantitative estimate of drug-likeness (QED) is 0.517. The van der Waals surface area contributed by atoms with E-state index in [1.54, 1.807) is 4.68 Å². The van der Waals surface area contributed by atoms with Crippen molar-refractivity contribution >= 4 is 28.0 Å². The molecule has 0 radical (unpaired) electrons. The predicted molar refractivity (Wildman–Crippen MR) is 124 cm³/mol. The molecule has 7 nitrogen and oxygen atoms in total. The predicted octanol–water partition coefficient (Wildman–Crippen LogP) is 4.64. The third kappa shape index (κ3) is 3.90. The number of carbonyl (C=O) groups is 2. The normalized spacial score (nSPS) is 14.4. The topological polar surface area (TPSA) is 93.5 Å². The Morgan fingerprint density at radius 1 is 1.12 bits per heavy atom. The molecule has 1 atom stereocenters. The summed E-state index contributed by atoms with van der Waals surface area (Å²) in [5.74, 6) is -1.27. The fourth-order valence-corrected chi connectivity index (χ4v) is 4.43. The number of hydrogen-bond donors (Lipinski definition) is 2. The Labute approximate surface area is 194 Å². The van der Waals surface area contributed by atoms with Gasteiger partial charge in [-0.1, -0.05) is 48.5 Å². The number of aromatic nitrogens is 2. The molecule has 1 aromatic heterocycles. The van der Waals surface area contributed by atoms with Crippen LogP contribution in [0.2, 0.25) is 0 Å². The van der Waals surface area contributed by atoms with E-state index in [0.29, 0.717) is 0 Å². The van der Waals surface area contributed by atoms with Crippen molar-refractivity contribution in [2.24, 2.45) is 0 Å². The van der Waals surface area contributed by atoms with Crippen LogP contribution in [0.5, 0.6) is 0 Å². The molecule has 0 spiro atoms. The van der Waals surface area contributed by atoms with Crippen LogP contribution in [0.25, 0.3) is 11.1 Å². The fourth-order valence-electron chi connectivity index (χ4n) is 4.15. The molecule has 1 aliphatic rings. The van der Waals surface area contributed by atoms with Gasteiger partial charge in [0.25, 0.3) is 0 Å². The van der Waals surface area contributed by atoms with Crippen molar-refractivity contribution in [3.63, 3.8) is 0 Å². The van der Waals surface area contributed by atoms with Crippen LogP contribution < -0.4 is 5.32 Å². The summed E-state index contributed by atoms with van der Waals surface area (Å²) in [4.78, 5) is 24.7. The molecular weight excluding hydrogens is 474 g/mol. The number of halogens is 1. The molecule has 8 heteroatoms. The van der Waals surface area contributed by atoms with E-state index in [-0.39, 0.29) is 19.1 Å². The van der Waals surface area contributed by atoms with Gasteiger partial charge in [0.05, 0.1) is 16.7 Å². The van der Waals surface area contributed by atoms with E-state index >= 15 is 0 Å². The number of amides is 1. The highest BCUT2D eigenvalue weighted by Gasteiger charge is 2.38. The monoisotopic (exact) mass is 497 g/mol. The van der Waals surface area contributed by atoms with Gasteiger partial charge < -0.3 is 15.2 Å². The number of nitrogens with zero attached hydrogens (tertiary/aromatic N) is 2. The van der Waals surface area contributed by atoms with Crippen molar-refractivity contribution < 1.29 is 19.4 Å². The summed E-state index contributed by atoms with van der Waals surface area (Å²) in [7, 11) is 0. The lowest BCUT2D eigenvalue weighted by molar-refractivity contribution is -0.144. The standard InChI is InChI=1S/C24H24BrN3O4/c1-14-21(25)15(2)28(27-14)13-24(3,22(29)30)26-23(31)32-12-20-18-10-6-4-8-16(18)17-9-5-7-11-19(17)20/h4-11,20H,12-13H2,1-3H3,(H,26,31)(H,29,30). The molecule has 32 heavy (non-hydrogen) atoms. The zero-order valence-corrected chi connectivity index (χ0v) is 19.6. The molecule has 0 fully saturated rings. The first kappa shape index (κ1) is 22.1. The van der Waals surface area contributed by atoms with Gasteiger partial charge in [-0.25, -0.2) is 9.59 Å². The Balaban J connectivity index is 1.49. The third-order valence-electron chi connectivity index (χ3n) is 5.95. The largest absolute Gasteiger partial charge is 0.479 e. The van der Waals surface area contributed by atoms with Gasteiger partial charge in [-0.05, 0) is 59.0 Å². The summed E-state index contributed by atoms with van der Waals surface area (Å²) < 4.78 is 7.91. The van der Waals surface area contributed by atoms with Gasteiger partial charge in [0.1, 0.15) is 6.61 Å². The van der Waals surface area contributed by atoms with Gasteiger partial charge in [0.2, 0.25) is 0 Å². The number of rotatable bonds is 6. The number of aryl methyl sites for hydroxylation is 1. The van der Waals surface area contributed by atoms with Crippen LogP contribution >= 0.6 is 15.9 Å². The van der Waals surface area contributed by atoms with Crippen LogP contribution in [0.1, 0.15) is 35.4 Å². The van der Waals surface area contributed by atoms with Crippen LogP contribution in [0.3, 0.4) is 0 Å². The van der Waals surface area contributed by atoms with Crippen LogP contribution in [0.4, 0.5) is 4.79 Å². The first-order valence-corrected chi connectivity index (χ1v) is 11.1. The van der Waals surface area contributed by atoms with E-state index < -0.39 is 17.6 Å². The summed E-state index contributed by atoms with van der Waals surface area (Å²) in [5, 5.41) is 16.7. The van der Waals surface area contributed by atoms with Gasteiger partial charge in [-0.2, -0.15) is 5.10 Å². The zero-order chi connectivity index (χ0) is 23.0. The Kier molecular flexibility index (Phi) is 5.81. The minimum Gasteiger partial charge on any atom is -0.479 e. The van der Waals surface area contributed by atoms with E-state index in [4.69, 9.17) is 4.74 Å². The molecule has 4 rings (SSSR count). The van der Waals surface area contributed by atoms with Gasteiger partial charge in [0.15, 0.2) is 5.54 Å². The number of carboxylic acid groups (broad SMARTS) is 1. The average molecular weight is 498 g/mol. The lowest BCUT2D eigenvalue weighted by Crippen LogP contribution is -2.55. The highest BCUT2D eigenvalue weighted by Crippen LogP contribution is 2.44. The van der Waals surface area contributed by atoms with Crippen molar-refractivity contribution in [2.75, 3.05) is 6.61 Å². The fraction of sp³-hybridized carbons (Fsp3) is 0.292. The molecular formula is C24H24BrN3O4. The van der Waals surface area contributed by atoms with E-state index in [1.807, 2.05) is 50.2 Å². The van der Waals surface area contributed by atoms with E-state index in [0.717, 1.165) is 38.1 Å². The van der Waals surface area contributed by atoms with E-state index in [2.05, 4.69) is 38.5 Å². The second-order valence-electron chi connectivity index (χ2n) is 8.23. The number of carboxylic acids is 1. The van der Waals surface area contributed by atoms with Gasteiger partial charge >= 0.3 is 12.1 Å². The molecule has 166 valence electrons. The van der Waals surface area contributed by atoms with E-state index in [1.165, 1.54) is 6.92 Å². The molecule has 0 saturated carbocycles. The molecule has 1 aliphatic carbocycles. The maximum absolute atomic E-state index is 12.7. The zero-order valence-electron chi connectivity index (χ0n) is 18.1. The summed E-state index contributed by atoms with van der Waals surface area (Å²) in [6.45, 7) is 5.18. The lowest BCUT2D eigenvalue weighted by atomic mass is 9.98. The van der Waals surface area contributed by atoms with Crippen molar-refractivity contribution in [2.45, 2.75) is 38.8 Å². The van der Waals surface area contributed by atoms with Crippen LogP contribution in [0, 0.1) is 13.8 Å². The molecule has 1 amide bonds. The molecule has 0 bridgehead atoms. The number of benzene rings is 2. The number of fused-ring (bicyclic) bond motifs is 3. The summed E-state index contributed by atoms with van der Waals surface area (Å²) in [6, 6.07) is 16.1. The van der Waals surface area contributed by atoms with E-state index in [9.17, 15) is 14.7 Å². The van der Waals surface area contributed by atoms with Crippen molar-refractivity contribution in [3.8, 4) is 11.1 Å². The summed E-state index contributed by atoms with van der Waals surface area (Å²) >= 11 is 3.44. The highest BCUT2D eigenvalue weighted by atomic mass is 79.9. The van der Waals surface area contributed by atoms with Crippen molar-refractivity contribution in [3.05, 3.63) is 75.5 Å². The first-order valence-electron chi connectivity index (χ1n) is 10.3. The number of alkyl carbamates (subject to hydrolysis) is 1. The van der Waals surface area contributed by atoms with Crippen LogP contribution in [0.15, 0.2) is 53.0 Å². The first-order chi connectivity index (χ1) is 15.2. The Morgan fingerprint density at radius 3 is 2.19 bits per heavy atom. The van der Waals surface area contributed by atoms with Crippen molar-refractivity contribution in [1.82, 2.24) is 15.1 Å². The van der Waals surface area contributed by atoms with Gasteiger partial charge in [0, 0.05) is 11.6 Å². The summed E-state index contributed by atoms with van der Waals surface area (Å²) in [6.07, 6.45) is -0.780. The maximum Gasteiger partial charge on any atom is 0.408 e. The maximum atomic E-state index is 12.7. The van der Waals surface area contributed by atoms with Crippen LogP contribution in [-0.4, -0.2) is 39.1 Å². The number of aliphatic carboxylic acids is 1. The average Bonchev–Trinajstić information content (AvgIpc) is 3.21. The molecule has 1 heterocycles. The molecule has 1 unspecified atom stereocenters. The number of nitrogens with one attached hydrogen (secondary N) is 1. The lowest BCUT2D eigenvalue weighted by Gasteiger charge is -2.26. The molecule has 2 aromatic carbocycles. The number of hydrogen-bond acceptors (Lipinski definition) is 4. The molecule has 0 aliphatic heterocycles. The molecule has 3 aromatic rings. The smallest absolute Gasteiger partial charge is 0.408 e. The minimum atomic E-state index is -1.59. The van der Waals surface area contributed by atoms with Crippen LogP contribution in [-0.2, 0) is 16.1 Å². The Morgan fingerprint density at radius 2 is 1.69 bits per heavy atom. The summed E-state index contributed by atoms with van der Waals surface area (Å²) in [5.41, 5.74) is 4.38. The van der Waals surface area contributed by atoms with Gasteiger partial charge in [-0.3, -0.25) is 4.68 Å². The van der Waals surface area contributed by atoms with Crippen molar-refractivity contribution in [1.29, 1.82) is 0 Å².